The Balaban J connectivity index is 1.47. The Morgan fingerprint density at radius 1 is 1.06 bits per heavy atom. The maximum Gasteiger partial charge on any atom is 0.243 e. The van der Waals surface area contributed by atoms with E-state index in [-0.39, 0.29) is 5.91 Å². The van der Waals surface area contributed by atoms with Crippen LogP contribution in [0.3, 0.4) is 0 Å². The molecule has 2 aromatic carbocycles. The highest BCUT2D eigenvalue weighted by Gasteiger charge is 2.10. The van der Waals surface area contributed by atoms with Crippen molar-refractivity contribution < 1.29 is 9.53 Å². The predicted molar refractivity (Wildman–Crippen MR) is 126 cm³/mol. The highest BCUT2D eigenvalue weighted by atomic mass is 16.5. The van der Waals surface area contributed by atoms with Crippen molar-refractivity contribution in [3.05, 3.63) is 72.6 Å². The van der Waals surface area contributed by atoms with E-state index in [0.717, 1.165) is 68.8 Å². The third-order valence-corrected chi connectivity index (χ3v) is 5.36. The summed E-state index contributed by atoms with van der Waals surface area (Å²) in [6, 6.07) is 16.6. The van der Waals surface area contributed by atoms with Crippen LogP contribution in [0.15, 0.2) is 61.2 Å². The number of carbonyl (C=O) groups is 1. The molecule has 164 valence electrons. The zero-order valence-electron chi connectivity index (χ0n) is 18.5. The number of fused-ring (bicyclic) bond motifs is 1. The van der Waals surface area contributed by atoms with Crippen LogP contribution in [0.5, 0.6) is 5.75 Å². The minimum Gasteiger partial charge on any atom is -0.494 e. The van der Waals surface area contributed by atoms with Gasteiger partial charge in [0.15, 0.2) is 0 Å². The van der Waals surface area contributed by atoms with Crippen molar-refractivity contribution in [3.63, 3.8) is 0 Å². The molecule has 0 fully saturated rings. The second kappa shape index (κ2) is 11.9. The van der Waals surface area contributed by atoms with Crippen molar-refractivity contribution in [2.75, 3.05) is 13.2 Å². The minimum atomic E-state index is -0.104. The Labute approximate surface area is 185 Å². The van der Waals surface area contributed by atoms with Gasteiger partial charge in [0.1, 0.15) is 11.6 Å². The molecule has 1 aromatic heterocycles. The quantitative estimate of drug-likeness (QED) is 0.305. The molecule has 0 bridgehead atoms. The number of benzene rings is 2. The summed E-state index contributed by atoms with van der Waals surface area (Å²) in [4.78, 5) is 16.1. The standard InChI is InChI=1S/C26H33N3O2/c1-3-26(30)27-18-8-4-5-13-25-28-23-11-6-7-12-24(23)29(25)19-9-10-20-31-22-16-14-21(2)15-17-22/h3,6-7,11-12,14-17H,1,4-5,8-10,13,18-20H2,2H3,(H,27,30). The van der Waals surface area contributed by atoms with E-state index < -0.39 is 0 Å². The zero-order chi connectivity index (χ0) is 21.9. The molecule has 1 N–H and O–H groups in total. The maximum absolute atomic E-state index is 11.2. The van der Waals surface area contributed by atoms with Gasteiger partial charge in [0, 0.05) is 19.5 Å². The summed E-state index contributed by atoms with van der Waals surface area (Å²) < 4.78 is 8.23. The van der Waals surface area contributed by atoms with Crippen molar-refractivity contribution in [2.24, 2.45) is 0 Å². The molecule has 3 aromatic rings. The van der Waals surface area contributed by atoms with Crippen LogP contribution < -0.4 is 10.1 Å². The predicted octanol–water partition coefficient (Wildman–Crippen LogP) is 5.22. The Hall–Kier alpha value is -3.08. The summed E-state index contributed by atoms with van der Waals surface area (Å²) >= 11 is 0. The normalized spacial score (nSPS) is 10.9. The Morgan fingerprint density at radius 2 is 1.87 bits per heavy atom. The van der Waals surface area contributed by atoms with Crippen LogP contribution in [0.25, 0.3) is 11.0 Å². The molecule has 0 aliphatic carbocycles. The average molecular weight is 420 g/mol. The smallest absolute Gasteiger partial charge is 0.243 e. The SMILES string of the molecule is C=CC(=O)NCCCCCc1nc2ccccc2n1CCCCOc1ccc(C)cc1. The maximum atomic E-state index is 11.2. The third-order valence-electron chi connectivity index (χ3n) is 5.36. The minimum absolute atomic E-state index is 0.104. The number of rotatable bonds is 13. The first-order chi connectivity index (χ1) is 15.2. The number of nitrogens with zero attached hydrogens (tertiary/aromatic N) is 2. The Morgan fingerprint density at radius 3 is 2.68 bits per heavy atom. The number of hydrogen-bond donors (Lipinski definition) is 1. The molecule has 3 rings (SSSR count). The molecule has 0 unspecified atom stereocenters. The number of aryl methyl sites for hydroxylation is 3. The molecule has 0 radical (unpaired) electrons. The first kappa shape index (κ1) is 22.6. The van der Waals surface area contributed by atoms with Gasteiger partial charge in [-0.05, 0) is 62.9 Å². The van der Waals surface area contributed by atoms with E-state index in [1.54, 1.807) is 0 Å². The highest BCUT2D eigenvalue weighted by molar-refractivity contribution is 5.86. The lowest BCUT2D eigenvalue weighted by Crippen LogP contribution is -2.21. The molecule has 1 amide bonds. The molecule has 5 nitrogen and oxygen atoms in total. The fourth-order valence-electron chi connectivity index (χ4n) is 3.63. The molecule has 5 heteroatoms. The molecule has 0 aliphatic rings. The molecule has 1 heterocycles. The molecule has 0 atom stereocenters. The van der Waals surface area contributed by atoms with E-state index in [9.17, 15) is 4.79 Å². The topological polar surface area (TPSA) is 56.2 Å². The lowest BCUT2D eigenvalue weighted by Gasteiger charge is -2.10. The van der Waals surface area contributed by atoms with Gasteiger partial charge in [-0.1, -0.05) is 42.8 Å². The molecule has 0 saturated carbocycles. The van der Waals surface area contributed by atoms with Crippen LogP contribution >= 0.6 is 0 Å². The molecular formula is C26H33N3O2. The van der Waals surface area contributed by atoms with E-state index in [0.29, 0.717) is 6.54 Å². The molecule has 0 spiro atoms. The number of para-hydroxylation sites is 2. The summed E-state index contributed by atoms with van der Waals surface area (Å²) in [5, 5.41) is 2.83. The lowest BCUT2D eigenvalue weighted by atomic mass is 10.2. The van der Waals surface area contributed by atoms with Gasteiger partial charge in [-0.3, -0.25) is 4.79 Å². The number of ether oxygens (including phenoxy) is 1. The van der Waals surface area contributed by atoms with Gasteiger partial charge in [0.25, 0.3) is 0 Å². The van der Waals surface area contributed by atoms with Gasteiger partial charge in [0.2, 0.25) is 5.91 Å². The summed E-state index contributed by atoms with van der Waals surface area (Å²) in [7, 11) is 0. The number of unbranched alkanes of at least 4 members (excludes halogenated alkanes) is 3. The zero-order valence-corrected chi connectivity index (χ0v) is 18.5. The number of nitrogens with one attached hydrogen (secondary N) is 1. The Bertz CT molecular complexity index is 976. The van der Waals surface area contributed by atoms with Crippen LogP contribution in [0.2, 0.25) is 0 Å². The molecule has 0 saturated heterocycles. The number of amides is 1. The second-order valence-corrected chi connectivity index (χ2v) is 7.84. The van der Waals surface area contributed by atoms with Crippen LogP contribution in [0, 0.1) is 6.92 Å². The van der Waals surface area contributed by atoms with Crippen molar-refractivity contribution in [1.29, 1.82) is 0 Å². The first-order valence-corrected chi connectivity index (χ1v) is 11.2. The van der Waals surface area contributed by atoms with Gasteiger partial charge in [-0.15, -0.1) is 0 Å². The van der Waals surface area contributed by atoms with Crippen LogP contribution in [0.4, 0.5) is 0 Å². The van der Waals surface area contributed by atoms with E-state index in [4.69, 9.17) is 9.72 Å². The molecule has 31 heavy (non-hydrogen) atoms. The second-order valence-electron chi connectivity index (χ2n) is 7.84. The highest BCUT2D eigenvalue weighted by Crippen LogP contribution is 2.19. The summed E-state index contributed by atoms with van der Waals surface area (Å²) in [6.07, 6.45) is 7.40. The van der Waals surface area contributed by atoms with Crippen LogP contribution in [-0.4, -0.2) is 28.6 Å². The Kier molecular flexibility index (Phi) is 8.71. The van der Waals surface area contributed by atoms with Crippen LogP contribution in [0.1, 0.15) is 43.5 Å². The van der Waals surface area contributed by atoms with Gasteiger partial charge in [-0.25, -0.2) is 4.98 Å². The van der Waals surface area contributed by atoms with Crippen molar-refractivity contribution in [3.8, 4) is 5.75 Å². The van der Waals surface area contributed by atoms with Gasteiger partial charge < -0.3 is 14.6 Å². The first-order valence-electron chi connectivity index (χ1n) is 11.2. The summed E-state index contributed by atoms with van der Waals surface area (Å²) in [5.41, 5.74) is 3.51. The molecule has 0 aliphatic heterocycles. The summed E-state index contributed by atoms with van der Waals surface area (Å²) in [5.74, 6) is 1.98. The van der Waals surface area contributed by atoms with Crippen molar-refractivity contribution in [2.45, 2.75) is 52.0 Å². The third kappa shape index (κ3) is 6.99. The number of hydrogen-bond acceptors (Lipinski definition) is 3. The fourth-order valence-corrected chi connectivity index (χ4v) is 3.63. The van der Waals surface area contributed by atoms with Gasteiger partial charge >= 0.3 is 0 Å². The van der Waals surface area contributed by atoms with Gasteiger partial charge in [-0.2, -0.15) is 0 Å². The van der Waals surface area contributed by atoms with E-state index in [2.05, 4.69) is 53.7 Å². The fraction of sp³-hybridized carbons (Fsp3) is 0.385. The molecular weight excluding hydrogens is 386 g/mol. The average Bonchev–Trinajstić information content (AvgIpc) is 3.14. The number of aromatic nitrogens is 2. The van der Waals surface area contributed by atoms with Gasteiger partial charge in [0.05, 0.1) is 17.6 Å². The lowest BCUT2D eigenvalue weighted by molar-refractivity contribution is -0.116. The number of carbonyl (C=O) groups excluding carboxylic acids is 1. The number of imidazole rings is 1. The van der Waals surface area contributed by atoms with Crippen molar-refractivity contribution >= 4 is 16.9 Å². The van der Waals surface area contributed by atoms with E-state index in [1.165, 1.54) is 17.2 Å². The van der Waals surface area contributed by atoms with Crippen LogP contribution in [-0.2, 0) is 17.8 Å². The van der Waals surface area contributed by atoms with E-state index in [1.807, 2.05) is 18.2 Å². The summed E-state index contributed by atoms with van der Waals surface area (Å²) in [6.45, 7) is 7.92. The largest absolute Gasteiger partial charge is 0.494 e. The van der Waals surface area contributed by atoms with Crippen molar-refractivity contribution in [1.82, 2.24) is 14.9 Å². The van der Waals surface area contributed by atoms with E-state index >= 15 is 0 Å². The monoisotopic (exact) mass is 419 g/mol.